The van der Waals surface area contributed by atoms with Gasteiger partial charge in [-0.25, -0.2) is 9.41 Å². The molecule has 3 nitrogen and oxygen atoms in total. The van der Waals surface area contributed by atoms with Crippen molar-refractivity contribution in [2.75, 3.05) is 0 Å². The van der Waals surface area contributed by atoms with Crippen LogP contribution >= 0.6 is 0 Å². The molecule has 6 rings (SSSR count). The number of benzene rings is 3. The van der Waals surface area contributed by atoms with Crippen molar-refractivity contribution >= 4 is 54.7 Å². The highest BCUT2D eigenvalue weighted by atomic mass is 15.0. The molecule has 0 unspecified atom stereocenters. The Morgan fingerprint density at radius 1 is 0.933 bits per heavy atom. The lowest BCUT2D eigenvalue weighted by Crippen LogP contribution is -2.28. The van der Waals surface area contributed by atoms with Crippen molar-refractivity contribution in [3.63, 3.8) is 0 Å². The van der Waals surface area contributed by atoms with Crippen LogP contribution in [0.25, 0.3) is 53.8 Å². The molecule has 0 N–H and O–H groups in total. The lowest BCUT2D eigenvalue weighted by molar-refractivity contribution is -0.643. The standard InChI is InChI=1S/C27H22N3/c1-15(2)17-7-9-22-21(13-17)20-8-6-16(3)24-26(20)30(22)23-14-19(28-4)12-18-10-11-29(5)27(24)25(18)23/h6-15H,1-3,5H3/q+1. The third-order valence-corrected chi connectivity index (χ3v) is 6.64. The largest absolute Gasteiger partial charge is 0.309 e. The highest BCUT2D eigenvalue weighted by Crippen LogP contribution is 2.42. The summed E-state index contributed by atoms with van der Waals surface area (Å²) in [6.07, 6.45) is 2.11. The number of nitrogens with zero attached hydrogens (tertiary/aromatic N) is 3. The summed E-state index contributed by atoms with van der Waals surface area (Å²) in [6.45, 7) is 14.3. The first kappa shape index (κ1) is 17.2. The molecule has 3 heterocycles. The van der Waals surface area contributed by atoms with Crippen molar-refractivity contribution in [3.05, 3.63) is 77.3 Å². The fourth-order valence-corrected chi connectivity index (χ4v) is 5.14. The van der Waals surface area contributed by atoms with Crippen LogP contribution in [0.5, 0.6) is 0 Å². The van der Waals surface area contributed by atoms with E-state index in [0.29, 0.717) is 11.6 Å². The van der Waals surface area contributed by atoms with Crippen molar-refractivity contribution in [2.45, 2.75) is 26.7 Å². The molecule has 6 aromatic rings. The second kappa shape index (κ2) is 5.70. The van der Waals surface area contributed by atoms with E-state index in [1.807, 2.05) is 6.07 Å². The summed E-state index contributed by atoms with van der Waals surface area (Å²) in [5, 5.41) is 6.21. The van der Waals surface area contributed by atoms with E-state index in [2.05, 4.69) is 90.3 Å². The minimum atomic E-state index is 0.481. The zero-order chi connectivity index (χ0) is 20.7. The Bertz CT molecular complexity index is 1690. The maximum absolute atomic E-state index is 7.64. The molecule has 30 heavy (non-hydrogen) atoms. The molecule has 0 aliphatic rings. The summed E-state index contributed by atoms with van der Waals surface area (Å²) < 4.78 is 4.62. The molecule has 0 aliphatic heterocycles. The number of aromatic nitrogens is 2. The first-order valence-electron chi connectivity index (χ1n) is 10.4. The normalized spacial score (nSPS) is 12.3. The van der Waals surface area contributed by atoms with Crippen LogP contribution in [0.4, 0.5) is 5.69 Å². The van der Waals surface area contributed by atoms with E-state index in [9.17, 15) is 0 Å². The summed E-state index contributed by atoms with van der Waals surface area (Å²) in [6, 6.07) is 17.6. The predicted octanol–water partition coefficient (Wildman–Crippen LogP) is 6.80. The van der Waals surface area contributed by atoms with Gasteiger partial charge in [0.25, 0.3) is 0 Å². The van der Waals surface area contributed by atoms with Crippen LogP contribution in [0.1, 0.15) is 30.9 Å². The van der Waals surface area contributed by atoms with E-state index in [4.69, 9.17) is 6.57 Å². The number of hydrogen-bond donors (Lipinski definition) is 0. The summed E-state index contributed by atoms with van der Waals surface area (Å²) in [5.74, 6) is 0.481. The first-order valence-corrected chi connectivity index (χ1v) is 10.4. The van der Waals surface area contributed by atoms with Crippen molar-refractivity contribution < 1.29 is 4.57 Å². The Morgan fingerprint density at radius 3 is 2.53 bits per heavy atom. The maximum Gasteiger partial charge on any atom is 0.224 e. The second-order valence-electron chi connectivity index (χ2n) is 8.74. The zero-order valence-corrected chi connectivity index (χ0v) is 17.6. The van der Waals surface area contributed by atoms with Crippen LogP contribution in [-0.2, 0) is 7.05 Å². The number of rotatable bonds is 1. The molecule has 0 aliphatic carbocycles. The summed E-state index contributed by atoms with van der Waals surface area (Å²) >= 11 is 0. The van der Waals surface area contributed by atoms with E-state index < -0.39 is 0 Å². The Balaban J connectivity index is 2.04. The minimum absolute atomic E-state index is 0.481. The third kappa shape index (κ3) is 2.01. The van der Waals surface area contributed by atoms with Gasteiger partial charge in [0.15, 0.2) is 11.9 Å². The van der Waals surface area contributed by atoms with Crippen LogP contribution in [0.2, 0.25) is 0 Å². The first-order chi connectivity index (χ1) is 14.5. The Morgan fingerprint density at radius 2 is 1.77 bits per heavy atom. The van der Waals surface area contributed by atoms with Crippen LogP contribution in [-0.4, -0.2) is 4.40 Å². The highest BCUT2D eigenvalue weighted by Gasteiger charge is 2.24. The van der Waals surface area contributed by atoms with E-state index in [0.717, 1.165) is 10.9 Å². The van der Waals surface area contributed by atoms with Crippen molar-refractivity contribution in [1.29, 1.82) is 0 Å². The Kier molecular flexibility index (Phi) is 3.28. The van der Waals surface area contributed by atoms with Gasteiger partial charge in [0, 0.05) is 16.8 Å². The van der Waals surface area contributed by atoms with E-state index >= 15 is 0 Å². The van der Waals surface area contributed by atoms with Crippen LogP contribution < -0.4 is 4.57 Å². The van der Waals surface area contributed by atoms with Gasteiger partial charge in [0.05, 0.1) is 33.9 Å². The lowest BCUT2D eigenvalue weighted by atomic mass is 9.98. The molecule has 0 saturated carbocycles. The van der Waals surface area contributed by atoms with E-state index in [-0.39, 0.29) is 0 Å². The maximum atomic E-state index is 7.64. The van der Waals surface area contributed by atoms with Crippen molar-refractivity contribution in [3.8, 4) is 0 Å². The van der Waals surface area contributed by atoms with Gasteiger partial charge in [-0.3, -0.25) is 0 Å². The topological polar surface area (TPSA) is 12.7 Å². The molecule has 0 bridgehead atoms. The molecule has 0 radical (unpaired) electrons. The van der Waals surface area contributed by atoms with Gasteiger partial charge in [-0.2, -0.15) is 0 Å². The second-order valence-corrected chi connectivity index (χ2v) is 8.74. The number of aryl methyl sites for hydroxylation is 2. The summed E-state index contributed by atoms with van der Waals surface area (Å²) in [7, 11) is 2.12. The van der Waals surface area contributed by atoms with Crippen LogP contribution in [0.15, 0.2) is 54.7 Å². The summed E-state index contributed by atoms with van der Waals surface area (Å²) in [5.41, 5.74) is 8.12. The Labute approximate surface area is 174 Å². The molecular weight excluding hydrogens is 366 g/mol. The molecule has 0 fully saturated rings. The molecule has 0 saturated heterocycles. The molecule has 0 amide bonds. The molecule has 0 spiro atoms. The van der Waals surface area contributed by atoms with E-state index in [1.165, 1.54) is 49.2 Å². The summed E-state index contributed by atoms with van der Waals surface area (Å²) in [4.78, 5) is 3.77. The molecule has 3 aromatic carbocycles. The fourth-order valence-electron chi connectivity index (χ4n) is 5.14. The van der Waals surface area contributed by atoms with Crippen molar-refractivity contribution in [2.24, 2.45) is 7.05 Å². The Hall–Kier alpha value is -3.64. The van der Waals surface area contributed by atoms with Gasteiger partial charge >= 0.3 is 0 Å². The SMILES string of the molecule is [C-]#[N+]c1cc2cc[n+](C)c3c4c(C)ccc5c6cc(C(C)C)ccc6n(c(c1)c23)c54. The highest BCUT2D eigenvalue weighted by molar-refractivity contribution is 6.26. The molecule has 3 aromatic heterocycles. The van der Waals surface area contributed by atoms with Gasteiger partial charge in [0.2, 0.25) is 5.52 Å². The van der Waals surface area contributed by atoms with Gasteiger partial charge in [0.1, 0.15) is 7.05 Å². The van der Waals surface area contributed by atoms with Gasteiger partial charge in [-0.05, 0) is 53.6 Å². The molecular formula is C27H22N3+. The lowest BCUT2D eigenvalue weighted by Gasteiger charge is -2.13. The minimum Gasteiger partial charge on any atom is -0.309 e. The average molecular weight is 388 g/mol. The number of hydrogen-bond acceptors (Lipinski definition) is 0. The fraction of sp³-hybridized carbons (Fsp3) is 0.185. The van der Waals surface area contributed by atoms with Gasteiger partial charge < -0.3 is 4.40 Å². The predicted molar refractivity (Wildman–Crippen MR) is 125 cm³/mol. The number of pyridine rings is 2. The molecule has 0 atom stereocenters. The third-order valence-electron chi connectivity index (χ3n) is 6.64. The van der Waals surface area contributed by atoms with Gasteiger partial charge in [-0.1, -0.05) is 32.0 Å². The molecule has 144 valence electrons. The number of fused-ring (bicyclic) bond motifs is 5. The molecule has 3 heteroatoms. The smallest absolute Gasteiger partial charge is 0.224 e. The van der Waals surface area contributed by atoms with Gasteiger partial charge in [-0.15, -0.1) is 0 Å². The zero-order valence-electron chi connectivity index (χ0n) is 17.6. The monoisotopic (exact) mass is 388 g/mol. The average Bonchev–Trinajstić information content (AvgIpc) is 3.08. The van der Waals surface area contributed by atoms with E-state index in [1.54, 1.807) is 0 Å². The van der Waals surface area contributed by atoms with Crippen LogP contribution in [0.3, 0.4) is 0 Å². The van der Waals surface area contributed by atoms with Crippen molar-refractivity contribution in [1.82, 2.24) is 4.40 Å². The van der Waals surface area contributed by atoms with Crippen LogP contribution in [0, 0.1) is 13.5 Å². The quantitative estimate of drug-likeness (QED) is 0.127.